The van der Waals surface area contributed by atoms with E-state index in [-0.39, 0.29) is 6.61 Å². The molecule has 4 heteroatoms. The van der Waals surface area contributed by atoms with E-state index in [9.17, 15) is 5.11 Å². The van der Waals surface area contributed by atoms with Crippen LogP contribution in [0.15, 0.2) is 24.3 Å². The van der Waals surface area contributed by atoms with Crippen molar-refractivity contribution in [3.63, 3.8) is 0 Å². The second kappa shape index (κ2) is 5.80. The van der Waals surface area contributed by atoms with Crippen molar-refractivity contribution in [3.8, 4) is 0 Å². The molecule has 1 N–H and O–H groups in total. The molecule has 1 aromatic heterocycles. The lowest BCUT2D eigenvalue weighted by Crippen LogP contribution is -2.41. The lowest BCUT2D eigenvalue weighted by atomic mass is 10.0. The van der Waals surface area contributed by atoms with Crippen molar-refractivity contribution < 1.29 is 5.11 Å². The summed E-state index contributed by atoms with van der Waals surface area (Å²) in [5.41, 5.74) is 0. The van der Waals surface area contributed by atoms with Crippen LogP contribution < -0.4 is 0 Å². The van der Waals surface area contributed by atoms with E-state index in [1.165, 1.54) is 22.4 Å². The summed E-state index contributed by atoms with van der Waals surface area (Å²) < 4.78 is 1.25. The number of thiophene rings is 1. The largest absolute Gasteiger partial charge is 0.395 e. The third kappa shape index (κ3) is 2.65. The Morgan fingerprint density at radius 2 is 2.16 bits per heavy atom. The Bertz CT molecular complexity index is 568. The zero-order valence-corrected chi connectivity index (χ0v) is 12.4. The van der Waals surface area contributed by atoms with Gasteiger partial charge in [-0.2, -0.15) is 0 Å². The van der Waals surface area contributed by atoms with Gasteiger partial charge in [-0.25, -0.2) is 0 Å². The van der Waals surface area contributed by atoms with Crippen molar-refractivity contribution in [2.75, 3.05) is 13.2 Å². The molecule has 19 heavy (non-hydrogen) atoms. The molecule has 1 fully saturated rings. The first-order valence-electron chi connectivity index (χ1n) is 6.80. The van der Waals surface area contributed by atoms with Crippen LogP contribution in [0.2, 0.25) is 5.02 Å². The van der Waals surface area contributed by atoms with E-state index in [1.54, 1.807) is 11.3 Å². The van der Waals surface area contributed by atoms with Crippen molar-refractivity contribution in [3.05, 3.63) is 34.2 Å². The lowest BCUT2D eigenvalue weighted by molar-refractivity contribution is 0.0850. The molecule has 2 nitrogen and oxygen atoms in total. The van der Waals surface area contributed by atoms with Gasteiger partial charge in [0.2, 0.25) is 0 Å². The van der Waals surface area contributed by atoms with E-state index in [0.717, 1.165) is 29.9 Å². The third-order valence-corrected chi connectivity index (χ3v) is 5.61. The molecule has 1 aromatic carbocycles. The van der Waals surface area contributed by atoms with E-state index in [4.69, 9.17) is 11.6 Å². The van der Waals surface area contributed by atoms with Crippen molar-refractivity contribution in [2.45, 2.75) is 31.8 Å². The summed E-state index contributed by atoms with van der Waals surface area (Å²) in [5.74, 6) is 0. The highest BCUT2D eigenvalue weighted by Crippen LogP contribution is 2.36. The molecule has 1 aliphatic heterocycles. The maximum atomic E-state index is 9.48. The number of halogens is 1. The van der Waals surface area contributed by atoms with E-state index in [2.05, 4.69) is 23.1 Å². The Morgan fingerprint density at radius 1 is 1.32 bits per heavy atom. The zero-order valence-electron chi connectivity index (χ0n) is 10.8. The Labute approximate surface area is 122 Å². The van der Waals surface area contributed by atoms with Crippen molar-refractivity contribution in [1.29, 1.82) is 0 Å². The van der Waals surface area contributed by atoms with Crippen LogP contribution in [-0.4, -0.2) is 29.2 Å². The standard InChI is InChI=1S/C15H18ClNOS/c16-15-12-6-1-2-7-13(12)19-14(15)9-17-8-4-3-5-11(17)10-18/h1-2,6-7,11,18H,3-5,8-10H2/t11-/m0/s1. The molecule has 1 aliphatic rings. The molecule has 102 valence electrons. The number of benzene rings is 1. The minimum absolute atomic E-state index is 0.252. The van der Waals surface area contributed by atoms with Gasteiger partial charge >= 0.3 is 0 Å². The minimum Gasteiger partial charge on any atom is -0.395 e. The molecule has 0 unspecified atom stereocenters. The molecule has 2 aromatic rings. The maximum Gasteiger partial charge on any atom is 0.0637 e. The number of aliphatic hydroxyl groups excluding tert-OH is 1. The van der Waals surface area contributed by atoms with Crippen LogP contribution in [0, 0.1) is 0 Å². The van der Waals surface area contributed by atoms with Gasteiger partial charge in [-0.15, -0.1) is 11.3 Å². The van der Waals surface area contributed by atoms with Crippen LogP contribution in [0.1, 0.15) is 24.1 Å². The van der Waals surface area contributed by atoms with Gasteiger partial charge in [0.05, 0.1) is 11.6 Å². The summed E-state index contributed by atoms with van der Waals surface area (Å²) in [6, 6.07) is 8.58. The first kappa shape index (κ1) is 13.4. The van der Waals surface area contributed by atoms with Gasteiger partial charge in [0.15, 0.2) is 0 Å². The molecule has 1 atom stereocenters. The molecule has 0 saturated carbocycles. The predicted octanol–water partition coefficient (Wildman–Crippen LogP) is 3.90. The van der Waals surface area contributed by atoms with Crippen LogP contribution in [0.4, 0.5) is 0 Å². The molecule has 1 saturated heterocycles. The smallest absolute Gasteiger partial charge is 0.0637 e. The summed E-state index contributed by atoms with van der Waals surface area (Å²) >= 11 is 8.26. The van der Waals surface area contributed by atoms with Gasteiger partial charge in [0.1, 0.15) is 0 Å². The predicted molar refractivity (Wildman–Crippen MR) is 82.0 cm³/mol. The molecule has 2 heterocycles. The number of likely N-dealkylation sites (tertiary alicyclic amines) is 1. The first-order valence-corrected chi connectivity index (χ1v) is 8.00. The lowest BCUT2D eigenvalue weighted by Gasteiger charge is -2.34. The van der Waals surface area contributed by atoms with Crippen molar-refractivity contribution in [1.82, 2.24) is 4.90 Å². The second-order valence-corrected chi connectivity index (χ2v) is 6.65. The van der Waals surface area contributed by atoms with Crippen LogP contribution in [0.3, 0.4) is 0 Å². The summed E-state index contributed by atoms with van der Waals surface area (Å²) in [6.45, 7) is 2.18. The fourth-order valence-corrected chi connectivity index (χ4v) is 4.34. The highest BCUT2D eigenvalue weighted by molar-refractivity contribution is 7.19. The molecular weight excluding hydrogens is 278 g/mol. The SMILES string of the molecule is OC[C@@H]1CCCCN1Cc1sc2ccccc2c1Cl. The summed E-state index contributed by atoms with van der Waals surface area (Å²) in [7, 11) is 0. The monoisotopic (exact) mass is 295 g/mol. The van der Waals surface area contributed by atoms with E-state index < -0.39 is 0 Å². The zero-order chi connectivity index (χ0) is 13.2. The van der Waals surface area contributed by atoms with Gasteiger partial charge in [0.25, 0.3) is 0 Å². The van der Waals surface area contributed by atoms with Crippen molar-refractivity contribution >= 4 is 33.0 Å². The fourth-order valence-electron chi connectivity index (χ4n) is 2.83. The number of rotatable bonds is 3. The number of piperidine rings is 1. The quantitative estimate of drug-likeness (QED) is 0.928. The second-order valence-electron chi connectivity index (χ2n) is 5.14. The van der Waals surface area contributed by atoms with Crippen LogP contribution in [0.5, 0.6) is 0 Å². The average molecular weight is 296 g/mol. The Kier molecular flexibility index (Phi) is 4.08. The maximum absolute atomic E-state index is 9.48. The first-order chi connectivity index (χ1) is 9.29. The van der Waals surface area contributed by atoms with Crippen LogP contribution in [-0.2, 0) is 6.54 Å². The van der Waals surface area contributed by atoms with Gasteiger partial charge in [0, 0.05) is 27.5 Å². The Hall–Kier alpha value is -0.610. The highest BCUT2D eigenvalue weighted by atomic mass is 35.5. The summed E-state index contributed by atoms with van der Waals surface area (Å²) in [5, 5.41) is 11.5. The number of fused-ring (bicyclic) bond motifs is 1. The van der Waals surface area contributed by atoms with Crippen molar-refractivity contribution in [2.24, 2.45) is 0 Å². The molecule has 0 amide bonds. The van der Waals surface area contributed by atoms with Gasteiger partial charge in [-0.3, -0.25) is 4.90 Å². The molecular formula is C15H18ClNOS. The van der Waals surface area contributed by atoms with E-state index in [0.29, 0.717) is 6.04 Å². The molecule has 0 aliphatic carbocycles. The van der Waals surface area contributed by atoms with Gasteiger partial charge in [-0.05, 0) is 25.5 Å². The molecule has 0 bridgehead atoms. The number of hydrogen-bond acceptors (Lipinski definition) is 3. The highest BCUT2D eigenvalue weighted by Gasteiger charge is 2.23. The summed E-state index contributed by atoms with van der Waals surface area (Å²) in [4.78, 5) is 3.60. The Balaban J connectivity index is 1.86. The topological polar surface area (TPSA) is 23.5 Å². The number of hydrogen-bond donors (Lipinski definition) is 1. The van der Waals surface area contributed by atoms with Gasteiger partial charge < -0.3 is 5.11 Å². The Morgan fingerprint density at radius 3 is 2.95 bits per heavy atom. The van der Waals surface area contributed by atoms with E-state index >= 15 is 0 Å². The van der Waals surface area contributed by atoms with E-state index in [1.807, 2.05) is 6.07 Å². The number of nitrogens with zero attached hydrogens (tertiary/aromatic N) is 1. The average Bonchev–Trinajstić information content (AvgIpc) is 2.77. The molecule has 0 spiro atoms. The van der Waals surface area contributed by atoms with Crippen LogP contribution in [0.25, 0.3) is 10.1 Å². The fraction of sp³-hybridized carbons (Fsp3) is 0.467. The van der Waals surface area contributed by atoms with Gasteiger partial charge in [-0.1, -0.05) is 36.2 Å². The molecule has 0 radical (unpaired) electrons. The number of aliphatic hydroxyl groups is 1. The normalized spacial score (nSPS) is 21.1. The minimum atomic E-state index is 0.252. The van der Waals surface area contributed by atoms with Crippen LogP contribution >= 0.6 is 22.9 Å². The molecule has 3 rings (SSSR count). The summed E-state index contributed by atoms with van der Waals surface area (Å²) in [6.07, 6.45) is 3.54. The third-order valence-electron chi connectivity index (χ3n) is 3.91.